The highest BCUT2D eigenvalue weighted by Gasteiger charge is 2.26. The molecule has 2 heterocycles. The summed E-state index contributed by atoms with van der Waals surface area (Å²) >= 11 is 0. The first-order chi connectivity index (χ1) is 11.9. The van der Waals surface area contributed by atoms with Gasteiger partial charge in [-0.2, -0.15) is 0 Å². The second-order valence-corrected chi connectivity index (χ2v) is 6.37. The summed E-state index contributed by atoms with van der Waals surface area (Å²) in [6.07, 6.45) is 2.66. The fourth-order valence-electron chi connectivity index (χ4n) is 3.00. The van der Waals surface area contributed by atoms with Gasteiger partial charge in [0.2, 0.25) is 11.8 Å². The summed E-state index contributed by atoms with van der Waals surface area (Å²) in [6, 6.07) is 3.46. The Morgan fingerprint density at radius 2 is 1.84 bits per heavy atom. The zero-order chi connectivity index (χ0) is 18.4. The normalized spacial score (nSPS) is 15.8. The van der Waals surface area contributed by atoms with E-state index in [-0.39, 0.29) is 23.8 Å². The molecule has 1 aromatic heterocycles. The van der Waals surface area contributed by atoms with Crippen molar-refractivity contribution < 1.29 is 18.8 Å². The molecule has 0 bridgehead atoms. The monoisotopic (exact) mass is 349 g/mol. The summed E-state index contributed by atoms with van der Waals surface area (Å²) in [4.78, 5) is 41.5. The minimum absolute atomic E-state index is 0.00369. The summed E-state index contributed by atoms with van der Waals surface area (Å²) < 4.78 is 5.13. The Kier molecular flexibility index (Phi) is 6.61. The number of hydrogen-bond donors (Lipinski definition) is 0. The number of hydrogen-bond acceptors (Lipinski definition) is 4. The summed E-state index contributed by atoms with van der Waals surface area (Å²) in [5.74, 6) is 0.206. The Bertz CT molecular complexity index is 591. The van der Waals surface area contributed by atoms with Crippen molar-refractivity contribution in [1.82, 2.24) is 14.7 Å². The van der Waals surface area contributed by atoms with Crippen LogP contribution in [0.5, 0.6) is 0 Å². The molecule has 25 heavy (non-hydrogen) atoms. The van der Waals surface area contributed by atoms with Crippen LogP contribution in [0.1, 0.15) is 44.2 Å². The Morgan fingerprint density at radius 1 is 1.20 bits per heavy atom. The van der Waals surface area contributed by atoms with E-state index in [2.05, 4.69) is 0 Å². The SMILES string of the molecule is CCC(C)N(CCC(=O)N1CCN(C(=O)c2ccco2)CC1)C(C)=O. The van der Waals surface area contributed by atoms with E-state index in [0.717, 1.165) is 6.42 Å². The molecule has 7 heteroatoms. The topological polar surface area (TPSA) is 74.1 Å². The van der Waals surface area contributed by atoms with Gasteiger partial charge in [0, 0.05) is 52.1 Å². The molecule has 138 valence electrons. The van der Waals surface area contributed by atoms with Crippen molar-refractivity contribution in [2.24, 2.45) is 0 Å². The maximum absolute atomic E-state index is 12.4. The summed E-state index contributed by atoms with van der Waals surface area (Å²) in [7, 11) is 0. The predicted octanol–water partition coefficient (Wildman–Crippen LogP) is 1.60. The third kappa shape index (κ3) is 4.84. The van der Waals surface area contributed by atoms with Crippen LogP contribution in [0.2, 0.25) is 0 Å². The zero-order valence-electron chi connectivity index (χ0n) is 15.2. The van der Waals surface area contributed by atoms with Crippen molar-refractivity contribution in [1.29, 1.82) is 0 Å². The molecule has 1 saturated heterocycles. The van der Waals surface area contributed by atoms with Crippen molar-refractivity contribution in [3.8, 4) is 0 Å². The molecule has 2 rings (SSSR count). The molecule has 1 atom stereocenters. The quantitative estimate of drug-likeness (QED) is 0.782. The second-order valence-electron chi connectivity index (χ2n) is 6.37. The molecule has 0 N–H and O–H groups in total. The van der Waals surface area contributed by atoms with E-state index in [1.807, 2.05) is 13.8 Å². The largest absolute Gasteiger partial charge is 0.459 e. The smallest absolute Gasteiger partial charge is 0.289 e. The number of carbonyl (C=O) groups is 3. The Labute approximate surface area is 148 Å². The first-order valence-electron chi connectivity index (χ1n) is 8.81. The lowest BCUT2D eigenvalue weighted by Crippen LogP contribution is -2.51. The van der Waals surface area contributed by atoms with Gasteiger partial charge in [0.05, 0.1) is 6.26 Å². The molecule has 0 saturated carbocycles. The summed E-state index contributed by atoms with van der Waals surface area (Å²) in [5.41, 5.74) is 0. The lowest BCUT2D eigenvalue weighted by atomic mass is 10.2. The molecule has 7 nitrogen and oxygen atoms in total. The maximum Gasteiger partial charge on any atom is 0.289 e. The minimum Gasteiger partial charge on any atom is -0.459 e. The van der Waals surface area contributed by atoms with Gasteiger partial charge < -0.3 is 19.1 Å². The van der Waals surface area contributed by atoms with Gasteiger partial charge in [0.1, 0.15) is 0 Å². The van der Waals surface area contributed by atoms with Crippen molar-refractivity contribution in [3.63, 3.8) is 0 Å². The zero-order valence-corrected chi connectivity index (χ0v) is 15.2. The van der Waals surface area contributed by atoms with E-state index in [9.17, 15) is 14.4 Å². The van der Waals surface area contributed by atoms with Gasteiger partial charge in [-0.15, -0.1) is 0 Å². The van der Waals surface area contributed by atoms with Crippen molar-refractivity contribution in [2.75, 3.05) is 32.7 Å². The van der Waals surface area contributed by atoms with Gasteiger partial charge in [0.15, 0.2) is 5.76 Å². The van der Waals surface area contributed by atoms with Crippen LogP contribution in [0.15, 0.2) is 22.8 Å². The first kappa shape index (κ1) is 19.0. The average molecular weight is 349 g/mol. The fourth-order valence-corrected chi connectivity index (χ4v) is 3.00. The summed E-state index contributed by atoms with van der Waals surface area (Å²) in [6.45, 7) is 8.00. The molecule has 3 amide bonds. The van der Waals surface area contributed by atoms with E-state index in [1.165, 1.54) is 13.2 Å². The van der Waals surface area contributed by atoms with Gasteiger partial charge in [-0.1, -0.05) is 6.92 Å². The minimum atomic E-state index is -0.142. The lowest BCUT2D eigenvalue weighted by molar-refractivity contribution is -0.135. The Morgan fingerprint density at radius 3 is 2.36 bits per heavy atom. The lowest BCUT2D eigenvalue weighted by Gasteiger charge is -2.35. The van der Waals surface area contributed by atoms with Gasteiger partial charge in [-0.05, 0) is 25.5 Å². The molecule has 0 spiro atoms. The molecule has 1 aliphatic heterocycles. The molecule has 0 aliphatic carbocycles. The Hall–Kier alpha value is -2.31. The van der Waals surface area contributed by atoms with Crippen LogP contribution in [-0.4, -0.2) is 71.2 Å². The van der Waals surface area contributed by atoms with Gasteiger partial charge in [-0.3, -0.25) is 14.4 Å². The third-order valence-electron chi connectivity index (χ3n) is 4.75. The van der Waals surface area contributed by atoms with E-state index in [0.29, 0.717) is 44.9 Å². The van der Waals surface area contributed by atoms with Crippen LogP contribution >= 0.6 is 0 Å². The number of amides is 3. The van der Waals surface area contributed by atoms with Gasteiger partial charge >= 0.3 is 0 Å². The number of piperazine rings is 1. The molecular weight excluding hydrogens is 322 g/mol. The van der Waals surface area contributed by atoms with Gasteiger partial charge in [-0.25, -0.2) is 0 Å². The van der Waals surface area contributed by atoms with Crippen molar-refractivity contribution >= 4 is 17.7 Å². The molecule has 1 unspecified atom stereocenters. The fraction of sp³-hybridized carbons (Fsp3) is 0.611. The molecule has 0 radical (unpaired) electrons. The van der Waals surface area contributed by atoms with E-state index >= 15 is 0 Å². The summed E-state index contributed by atoms with van der Waals surface area (Å²) in [5, 5.41) is 0. The predicted molar refractivity (Wildman–Crippen MR) is 92.9 cm³/mol. The highest BCUT2D eigenvalue weighted by atomic mass is 16.3. The van der Waals surface area contributed by atoms with Crippen LogP contribution in [0.25, 0.3) is 0 Å². The van der Waals surface area contributed by atoms with E-state index in [1.54, 1.807) is 26.8 Å². The van der Waals surface area contributed by atoms with E-state index in [4.69, 9.17) is 4.42 Å². The van der Waals surface area contributed by atoms with Crippen LogP contribution in [0.3, 0.4) is 0 Å². The highest BCUT2D eigenvalue weighted by molar-refractivity contribution is 5.91. The van der Waals surface area contributed by atoms with Crippen LogP contribution in [-0.2, 0) is 9.59 Å². The molecule has 1 aromatic rings. The van der Waals surface area contributed by atoms with Crippen LogP contribution in [0, 0.1) is 0 Å². The maximum atomic E-state index is 12.4. The highest BCUT2D eigenvalue weighted by Crippen LogP contribution is 2.11. The number of furan rings is 1. The first-order valence-corrected chi connectivity index (χ1v) is 8.81. The molecular formula is C18H27N3O4. The molecule has 1 aliphatic rings. The average Bonchev–Trinajstić information content (AvgIpc) is 3.15. The van der Waals surface area contributed by atoms with Crippen molar-refractivity contribution in [2.45, 2.75) is 39.7 Å². The Balaban J connectivity index is 1.81. The van der Waals surface area contributed by atoms with Crippen LogP contribution in [0.4, 0.5) is 0 Å². The van der Waals surface area contributed by atoms with Gasteiger partial charge in [0.25, 0.3) is 5.91 Å². The van der Waals surface area contributed by atoms with Crippen molar-refractivity contribution in [3.05, 3.63) is 24.2 Å². The number of nitrogens with zero attached hydrogens (tertiary/aromatic N) is 3. The molecule has 1 fully saturated rings. The second kappa shape index (κ2) is 8.69. The number of carbonyl (C=O) groups excluding carboxylic acids is 3. The number of rotatable bonds is 6. The standard InChI is InChI=1S/C18H27N3O4/c1-4-14(2)21(15(3)22)8-7-17(23)19-9-11-20(12-10-19)18(24)16-6-5-13-25-16/h5-6,13-14H,4,7-12H2,1-3H3. The van der Waals surface area contributed by atoms with Crippen LogP contribution < -0.4 is 0 Å². The molecule has 0 aromatic carbocycles. The third-order valence-corrected chi connectivity index (χ3v) is 4.75. The van der Waals surface area contributed by atoms with E-state index < -0.39 is 0 Å².